The summed E-state index contributed by atoms with van der Waals surface area (Å²) in [5.74, 6) is 1.77. The van der Waals surface area contributed by atoms with E-state index in [4.69, 9.17) is 4.99 Å². The third kappa shape index (κ3) is 5.98. The predicted molar refractivity (Wildman–Crippen MR) is 144 cm³/mol. The molecule has 0 aromatic carbocycles. The molecule has 9 nitrogen and oxygen atoms in total. The largest absolute Gasteiger partial charge is 0.340 e. The number of allylic oxidation sites excluding steroid dienone is 1. The van der Waals surface area contributed by atoms with Gasteiger partial charge >= 0.3 is 0 Å². The number of nitrogens with zero attached hydrogens (tertiary/aromatic N) is 5. The molecule has 0 aromatic rings. The predicted octanol–water partition coefficient (Wildman–Crippen LogP) is 1.63. The van der Waals surface area contributed by atoms with Crippen molar-refractivity contribution in [3.05, 3.63) is 11.6 Å². The summed E-state index contributed by atoms with van der Waals surface area (Å²) in [6.45, 7) is 6.98. The number of piperazine rings is 1. The minimum absolute atomic E-state index is 0.0602. The summed E-state index contributed by atoms with van der Waals surface area (Å²) >= 11 is 0. The highest BCUT2D eigenvalue weighted by Crippen LogP contribution is 2.34. The van der Waals surface area contributed by atoms with Gasteiger partial charge in [-0.15, -0.1) is 0 Å². The summed E-state index contributed by atoms with van der Waals surface area (Å²) in [6.07, 6.45) is 13.1. The van der Waals surface area contributed by atoms with Crippen molar-refractivity contribution in [2.24, 2.45) is 27.7 Å². The monoisotopic (exact) mass is 506 g/mol. The summed E-state index contributed by atoms with van der Waals surface area (Å²) in [5, 5.41) is 20.6. The Labute approximate surface area is 220 Å². The van der Waals surface area contributed by atoms with Gasteiger partial charge in [-0.25, -0.2) is 0 Å². The van der Waals surface area contributed by atoms with E-state index >= 15 is 0 Å². The van der Waals surface area contributed by atoms with Gasteiger partial charge < -0.3 is 4.90 Å². The molecule has 1 saturated carbocycles. The standard InChI is InChI=1S/C28H42N8O/c1-18-12-22(14-23(16-29)31-18)21-4-5-24-25(15-21)33-28(32-24)34-26-13-19(6-7-30-26)17-35-8-10-36(11-9-35)27(37)20-2-3-20/h7,15,18-20,22,24-26,28,32-34H,2-6,8-14,17H2,1H3. The molecular formula is C28H42N8O. The van der Waals surface area contributed by atoms with Crippen LogP contribution in [0, 0.1) is 29.1 Å². The zero-order chi connectivity index (χ0) is 25.4. The Bertz CT molecular complexity index is 989. The maximum absolute atomic E-state index is 12.3. The van der Waals surface area contributed by atoms with Crippen molar-refractivity contribution in [2.45, 2.75) is 88.9 Å². The minimum Gasteiger partial charge on any atom is -0.340 e. The number of nitrogens with one attached hydrogen (secondary N) is 3. The molecule has 6 aliphatic rings. The van der Waals surface area contributed by atoms with Crippen LogP contribution in [-0.2, 0) is 4.79 Å². The third-order valence-electron chi connectivity index (χ3n) is 9.17. The van der Waals surface area contributed by atoms with E-state index in [-0.39, 0.29) is 18.5 Å². The van der Waals surface area contributed by atoms with Crippen LogP contribution in [0.15, 0.2) is 21.6 Å². The molecule has 4 heterocycles. The Morgan fingerprint density at radius 2 is 2.03 bits per heavy atom. The number of amides is 1. The molecule has 9 heteroatoms. The van der Waals surface area contributed by atoms with Gasteiger partial charge in [-0.2, -0.15) is 5.26 Å². The second kappa shape index (κ2) is 10.9. The van der Waals surface area contributed by atoms with Crippen LogP contribution in [0.4, 0.5) is 0 Å². The zero-order valence-corrected chi connectivity index (χ0v) is 22.1. The van der Waals surface area contributed by atoms with E-state index in [9.17, 15) is 10.1 Å². The van der Waals surface area contributed by atoms with Crippen molar-refractivity contribution in [3.63, 3.8) is 0 Å². The van der Waals surface area contributed by atoms with Crippen LogP contribution in [0.2, 0.25) is 0 Å². The van der Waals surface area contributed by atoms with Crippen molar-refractivity contribution < 1.29 is 4.79 Å². The van der Waals surface area contributed by atoms with Gasteiger partial charge in [-0.05, 0) is 63.7 Å². The Morgan fingerprint density at radius 1 is 1.19 bits per heavy atom. The first-order valence-corrected chi connectivity index (χ1v) is 14.5. The van der Waals surface area contributed by atoms with Crippen molar-refractivity contribution >= 4 is 17.8 Å². The van der Waals surface area contributed by atoms with Crippen LogP contribution in [-0.4, -0.2) is 90.9 Å². The smallest absolute Gasteiger partial charge is 0.225 e. The lowest BCUT2D eigenvalue weighted by Crippen LogP contribution is -2.53. The number of hydrogen-bond acceptors (Lipinski definition) is 8. The highest BCUT2D eigenvalue weighted by Gasteiger charge is 2.38. The second-order valence-corrected chi connectivity index (χ2v) is 12.1. The van der Waals surface area contributed by atoms with Crippen molar-refractivity contribution in [3.8, 4) is 6.07 Å². The summed E-state index contributed by atoms with van der Waals surface area (Å²) in [5.41, 5.74) is 2.21. The van der Waals surface area contributed by atoms with Crippen LogP contribution in [0.1, 0.15) is 58.3 Å². The molecule has 7 atom stereocenters. The number of carbonyl (C=O) groups excluding carboxylic acids is 1. The normalized spacial score (nSPS) is 38.5. The molecule has 2 aliphatic carbocycles. The number of aliphatic imine (C=N–C) groups is 2. The maximum Gasteiger partial charge on any atom is 0.225 e. The molecular weight excluding hydrogens is 464 g/mol. The number of hydrogen-bond donors (Lipinski definition) is 3. The fourth-order valence-corrected chi connectivity index (χ4v) is 7.00. The molecule has 2 saturated heterocycles. The molecule has 0 bridgehead atoms. The average Bonchev–Trinajstić information content (AvgIpc) is 3.68. The van der Waals surface area contributed by atoms with E-state index in [2.05, 4.69) is 56.0 Å². The summed E-state index contributed by atoms with van der Waals surface area (Å²) in [4.78, 5) is 26.3. The first-order chi connectivity index (χ1) is 18.0. The Balaban J connectivity index is 0.969. The van der Waals surface area contributed by atoms with Crippen molar-refractivity contribution in [1.29, 1.82) is 5.26 Å². The molecule has 0 spiro atoms. The second-order valence-electron chi connectivity index (χ2n) is 12.1. The van der Waals surface area contributed by atoms with Gasteiger partial charge in [-0.1, -0.05) is 11.6 Å². The van der Waals surface area contributed by atoms with Crippen LogP contribution < -0.4 is 16.0 Å². The number of rotatable bonds is 6. The summed E-state index contributed by atoms with van der Waals surface area (Å²) in [7, 11) is 0. The molecule has 3 N–H and O–H groups in total. The van der Waals surface area contributed by atoms with E-state index in [1.54, 1.807) is 0 Å². The van der Waals surface area contributed by atoms with Crippen LogP contribution in [0.5, 0.6) is 0 Å². The lowest BCUT2D eigenvalue weighted by atomic mass is 9.79. The molecule has 37 heavy (non-hydrogen) atoms. The van der Waals surface area contributed by atoms with Crippen molar-refractivity contribution in [2.75, 3.05) is 32.7 Å². The van der Waals surface area contributed by atoms with Gasteiger partial charge in [0.2, 0.25) is 5.91 Å². The SMILES string of the molecule is CC1CC(C2=CC3NC(NC4CC(CN5CCN(C(=O)C6CC6)CC5)CC=N4)NC3CC2)CC(C#N)=N1. The summed E-state index contributed by atoms with van der Waals surface area (Å²) < 4.78 is 0. The number of fused-ring (bicyclic) bond motifs is 1. The first-order valence-electron chi connectivity index (χ1n) is 14.5. The summed E-state index contributed by atoms with van der Waals surface area (Å²) in [6, 6.07) is 3.29. The minimum atomic E-state index is 0.0602. The topological polar surface area (TPSA) is 108 Å². The van der Waals surface area contributed by atoms with Crippen LogP contribution in [0.3, 0.4) is 0 Å². The molecule has 200 valence electrons. The first kappa shape index (κ1) is 25.2. The van der Waals surface area contributed by atoms with E-state index in [0.717, 1.165) is 84.1 Å². The van der Waals surface area contributed by atoms with Gasteiger partial charge in [0.25, 0.3) is 0 Å². The molecule has 4 aliphatic heterocycles. The van der Waals surface area contributed by atoms with Crippen LogP contribution in [0.25, 0.3) is 0 Å². The van der Waals surface area contributed by atoms with E-state index in [0.29, 0.717) is 41.5 Å². The molecule has 7 unspecified atom stereocenters. The van der Waals surface area contributed by atoms with Gasteiger partial charge in [0.15, 0.2) is 0 Å². The fourth-order valence-electron chi connectivity index (χ4n) is 7.00. The molecule has 0 aromatic heterocycles. The lowest BCUT2D eigenvalue weighted by molar-refractivity contribution is -0.134. The van der Waals surface area contributed by atoms with Crippen molar-refractivity contribution in [1.82, 2.24) is 25.8 Å². The van der Waals surface area contributed by atoms with Gasteiger partial charge in [0.05, 0.1) is 0 Å². The van der Waals surface area contributed by atoms with Gasteiger partial charge in [0, 0.05) is 69.4 Å². The molecule has 1 amide bonds. The maximum atomic E-state index is 12.3. The number of carbonyl (C=O) groups is 1. The highest BCUT2D eigenvalue weighted by molar-refractivity contribution is 5.99. The lowest BCUT2D eigenvalue weighted by Gasteiger charge is -2.37. The zero-order valence-electron chi connectivity index (χ0n) is 22.1. The molecule has 3 fully saturated rings. The highest BCUT2D eigenvalue weighted by atomic mass is 16.2. The van der Waals surface area contributed by atoms with Gasteiger partial charge in [-0.3, -0.25) is 35.6 Å². The molecule has 6 rings (SSSR count). The number of nitriles is 1. The fraction of sp³-hybridized carbons (Fsp3) is 0.786. The average molecular weight is 507 g/mol. The quantitative estimate of drug-likeness (QED) is 0.473. The van der Waals surface area contributed by atoms with E-state index < -0.39 is 0 Å². The Kier molecular flexibility index (Phi) is 7.44. The van der Waals surface area contributed by atoms with E-state index in [1.807, 2.05) is 0 Å². The third-order valence-corrected chi connectivity index (χ3v) is 9.17. The molecule has 0 radical (unpaired) electrons. The van der Waals surface area contributed by atoms with Crippen LogP contribution >= 0.6 is 0 Å². The van der Waals surface area contributed by atoms with E-state index in [1.165, 1.54) is 5.57 Å². The Morgan fingerprint density at radius 3 is 2.81 bits per heavy atom. The van der Waals surface area contributed by atoms with Gasteiger partial charge in [0.1, 0.15) is 24.2 Å². The Hall–Kier alpha value is -2.12.